The summed E-state index contributed by atoms with van der Waals surface area (Å²) in [4.78, 5) is 2.32. The number of nitrogens with two attached hydrogens (primary N) is 1. The quantitative estimate of drug-likeness (QED) is 0.898. The molecule has 2 rings (SSSR count). The van der Waals surface area contributed by atoms with Crippen LogP contribution >= 0.6 is 11.6 Å². The minimum atomic E-state index is 0.650. The van der Waals surface area contributed by atoms with E-state index >= 15 is 0 Å². The van der Waals surface area contributed by atoms with E-state index < -0.39 is 0 Å². The van der Waals surface area contributed by atoms with Gasteiger partial charge >= 0.3 is 0 Å². The van der Waals surface area contributed by atoms with Crippen molar-refractivity contribution < 1.29 is 4.74 Å². The van der Waals surface area contributed by atoms with Gasteiger partial charge in [0.15, 0.2) is 0 Å². The van der Waals surface area contributed by atoms with Crippen molar-refractivity contribution in [1.82, 2.24) is 0 Å². The van der Waals surface area contributed by atoms with Gasteiger partial charge in [0, 0.05) is 19.7 Å². The molecule has 0 bridgehead atoms. The minimum Gasteiger partial charge on any atom is -0.380 e. The Balaban J connectivity index is 2.27. The summed E-state index contributed by atoms with van der Waals surface area (Å²) in [5.41, 5.74) is 8.04. The molecule has 94 valence electrons. The van der Waals surface area contributed by atoms with Crippen molar-refractivity contribution >= 4 is 17.3 Å². The third-order valence-electron chi connectivity index (χ3n) is 3.02. The molecule has 0 aromatic heterocycles. The molecule has 1 saturated heterocycles. The topological polar surface area (TPSA) is 38.5 Å². The van der Waals surface area contributed by atoms with Crippen molar-refractivity contribution in [3.63, 3.8) is 0 Å². The summed E-state index contributed by atoms with van der Waals surface area (Å²) in [5.74, 6) is 0. The Bertz CT molecular complexity index is 362. The molecule has 0 atom stereocenters. The van der Waals surface area contributed by atoms with Crippen molar-refractivity contribution in [2.75, 3.05) is 37.7 Å². The van der Waals surface area contributed by atoms with Crippen molar-refractivity contribution in [1.29, 1.82) is 0 Å². The first-order chi connectivity index (χ1) is 8.33. The number of hydrogen-bond donors (Lipinski definition) is 1. The summed E-state index contributed by atoms with van der Waals surface area (Å²) in [5, 5.41) is 0.817. The largest absolute Gasteiger partial charge is 0.380 e. The molecule has 1 aromatic carbocycles. The van der Waals surface area contributed by atoms with E-state index in [1.807, 2.05) is 12.1 Å². The summed E-state index contributed by atoms with van der Waals surface area (Å²) in [6, 6.07) is 6.05. The predicted octanol–water partition coefficient (Wildman–Crippen LogP) is 2.07. The van der Waals surface area contributed by atoms with E-state index in [1.165, 1.54) is 5.56 Å². The molecule has 0 aliphatic carbocycles. The molecule has 1 heterocycles. The number of nitrogens with zero attached hydrogens (tertiary/aromatic N) is 1. The maximum absolute atomic E-state index is 6.33. The van der Waals surface area contributed by atoms with E-state index in [2.05, 4.69) is 11.0 Å². The summed E-state index contributed by atoms with van der Waals surface area (Å²) in [6.45, 7) is 4.17. The first-order valence-corrected chi connectivity index (χ1v) is 6.51. The Labute approximate surface area is 107 Å². The Kier molecular flexibility index (Phi) is 4.66. The number of halogens is 1. The van der Waals surface area contributed by atoms with Crippen LogP contribution in [0.2, 0.25) is 5.02 Å². The van der Waals surface area contributed by atoms with Gasteiger partial charge in [0.05, 0.1) is 17.3 Å². The van der Waals surface area contributed by atoms with Crippen molar-refractivity contribution in [3.05, 3.63) is 28.8 Å². The molecular formula is C13H19ClN2O. The van der Waals surface area contributed by atoms with Gasteiger partial charge in [-0.2, -0.15) is 0 Å². The standard InChI is InChI=1S/C13H19ClN2O/c14-12-4-1-3-11(5-6-15)13(12)16-7-2-9-17-10-8-16/h1,3-4H,2,5-10,15H2. The molecule has 0 spiro atoms. The first kappa shape index (κ1) is 12.7. The SMILES string of the molecule is NCCc1cccc(Cl)c1N1CCCOCC1. The summed E-state index contributed by atoms with van der Waals surface area (Å²) in [7, 11) is 0. The Hall–Kier alpha value is -0.770. The molecule has 4 heteroatoms. The molecule has 1 aliphatic heterocycles. The second-order valence-corrected chi connectivity index (χ2v) is 4.65. The number of benzene rings is 1. The van der Waals surface area contributed by atoms with Crippen LogP contribution < -0.4 is 10.6 Å². The van der Waals surface area contributed by atoms with Gasteiger partial charge < -0.3 is 15.4 Å². The van der Waals surface area contributed by atoms with E-state index in [-0.39, 0.29) is 0 Å². The molecule has 3 nitrogen and oxygen atoms in total. The molecule has 1 fully saturated rings. The van der Waals surface area contributed by atoms with Gasteiger partial charge in [-0.15, -0.1) is 0 Å². The summed E-state index contributed by atoms with van der Waals surface area (Å²) >= 11 is 6.33. The Morgan fingerprint density at radius 1 is 1.29 bits per heavy atom. The average molecular weight is 255 g/mol. The lowest BCUT2D eigenvalue weighted by molar-refractivity contribution is 0.152. The van der Waals surface area contributed by atoms with Crippen LogP contribution in [0.15, 0.2) is 18.2 Å². The highest BCUT2D eigenvalue weighted by Crippen LogP contribution is 2.30. The lowest BCUT2D eigenvalue weighted by Crippen LogP contribution is -2.27. The molecule has 2 N–H and O–H groups in total. The second-order valence-electron chi connectivity index (χ2n) is 4.24. The average Bonchev–Trinajstić information content (AvgIpc) is 2.58. The molecule has 0 radical (unpaired) electrons. The number of rotatable bonds is 3. The van der Waals surface area contributed by atoms with Crippen LogP contribution in [0, 0.1) is 0 Å². The van der Waals surface area contributed by atoms with Crippen molar-refractivity contribution in [3.8, 4) is 0 Å². The fraction of sp³-hybridized carbons (Fsp3) is 0.538. The lowest BCUT2D eigenvalue weighted by Gasteiger charge is -2.26. The Morgan fingerprint density at radius 3 is 3.00 bits per heavy atom. The van der Waals surface area contributed by atoms with E-state index in [1.54, 1.807) is 0 Å². The number of ether oxygens (including phenoxy) is 1. The second kappa shape index (κ2) is 6.24. The predicted molar refractivity (Wildman–Crippen MR) is 71.9 cm³/mol. The van der Waals surface area contributed by atoms with Crippen molar-refractivity contribution in [2.24, 2.45) is 5.73 Å². The molecular weight excluding hydrogens is 236 g/mol. The van der Waals surface area contributed by atoms with Crippen LogP contribution in [0.4, 0.5) is 5.69 Å². The summed E-state index contributed by atoms with van der Waals surface area (Å²) in [6.07, 6.45) is 1.92. The van der Waals surface area contributed by atoms with Gasteiger partial charge in [0.1, 0.15) is 0 Å². The molecule has 0 saturated carbocycles. The van der Waals surface area contributed by atoms with Gasteiger partial charge in [0.25, 0.3) is 0 Å². The number of para-hydroxylation sites is 1. The van der Waals surface area contributed by atoms with Crippen molar-refractivity contribution in [2.45, 2.75) is 12.8 Å². The molecule has 0 unspecified atom stereocenters. The summed E-state index contributed by atoms with van der Waals surface area (Å²) < 4.78 is 5.48. The van der Waals surface area contributed by atoms with Crippen LogP contribution in [0.1, 0.15) is 12.0 Å². The lowest BCUT2D eigenvalue weighted by atomic mass is 10.1. The first-order valence-electron chi connectivity index (χ1n) is 6.13. The Morgan fingerprint density at radius 2 is 2.18 bits per heavy atom. The van der Waals surface area contributed by atoms with Gasteiger partial charge in [0.2, 0.25) is 0 Å². The van der Waals surface area contributed by atoms with Crippen LogP contribution in [-0.4, -0.2) is 32.8 Å². The zero-order valence-electron chi connectivity index (χ0n) is 9.99. The van der Waals surface area contributed by atoms with E-state index in [9.17, 15) is 0 Å². The minimum absolute atomic E-state index is 0.650. The van der Waals surface area contributed by atoms with Crippen LogP contribution in [-0.2, 0) is 11.2 Å². The fourth-order valence-electron chi connectivity index (χ4n) is 2.24. The van der Waals surface area contributed by atoms with Gasteiger partial charge in [-0.05, 0) is 31.0 Å². The van der Waals surface area contributed by atoms with Crippen LogP contribution in [0.3, 0.4) is 0 Å². The fourth-order valence-corrected chi connectivity index (χ4v) is 2.55. The van der Waals surface area contributed by atoms with E-state index in [0.29, 0.717) is 6.54 Å². The van der Waals surface area contributed by atoms with E-state index in [0.717, 1.165) is 49.9 Å². The van der Waals surface area contributed by atoms with E-state index in [4.69, 9.17) is 22.1 Å². The highest BCUT2D eigenvalue weighted by molar-refractivity contribution is 6.33. The normalized spacial score (nSPS) is 16.9. The molecule has 1 aliphatic rings. The number of anilines is 1. The highest BCUT2D eigenvalue weighted by atomic mass is 35.5. The number of hydrogen-bond acceptors (Lipinski definition) is 3. The van der Waals surface area contributed by atoms with Gasteiger partial charge in [-0.25, -0.2) is 0 Å². The van der Waals surface area contributed by atoms with Crippen LogP contribution in [0.5, 0.6) is 0 Å². The third-order valence-corrected chi connectivity index (χ3v) is 3.33. The zero-order valence-corrected chi connectivity index (χ0v) is 10.7. The highest BCUT2D eigenvalue weighted by Gasteiger charge is 2.16. The molecule has 0 amide bonds. The molecule has 17 heavy (non-hydrogen) atoms. The van der Waals surface area contributed by atoms with Gasteiger partial charge in [-0.3, -0.25) is 0 Å². The van der Waals surface area contributed by atoms with Crippen LogP contribution in [0.25, 0.3) is 0 Å². The maximum atomic E-state index is 6.33. The third kappa shape index (κ3) is 3.12. The monoisotopic (exact) mass is 254 g/mol. The maximum Gasteiger partial charge on any atom is 0.0642 e. The van der Waals surface area contributed by atoms with Gasteiger partial charge in [-0.1, -0.05) is 23.7 Å². The zero-order chi connectivity index (χ0) is 12.1. The smallest absolute Gasteiger partial charge is 0.0642 e. The molecule has 1 aromatic rings.